The van der Waals surface area contributed by atoms with E-state index >= 15 is 0 Å². The maximum atomic E-state index is 5.49. The summed E-state index contributed by atoms with van der Waals surface area (Å²) in [6.07, 6.45) is 7.96. The molecule has 1 aliphatic rings. The van der Waals surface area contributed by atoms with Crippen LogP contribution in [0.25, 0.3) is 0 Å². The molecule has 0 unspecified atom stereocenters. The minimum atomic E-state index is 0.476. The second-order valence-electron chi connectivity index (χ2n) is 5.52. The third-order valence-corrected chi connectivity index (χ3v) is 4.02. The van der Waals surface area contributed by atoms with Crippen molar-refractivity contribution in [1.29, 1.82) is 0 Å². The Hall–Kier alpha value is -1.82. The SMILES string of the molecule is CCOc1ccc(C=NNC(=S)NC2CCCCC2)cc1OC. The Bertz CT molecular complexity index is 543. The first-order valence-corrected chi connectivity index (χ1v) is 8.54. The number of hydrazone groups is 1. The molecule has 1 aliphatic carbocycles. The van der Waals surface area contributed by atoms with E-state index in [1.165, 1.54) is 32.1 Å². The van der Waals surface area contributed by atoms with Gasteiger partial charge in [-0.1, -0.05) is 19.3 Å². The lowest BCUT2D eigenvalue weighted by molar-refractivity contribution is 0.311. The largest absolute Gasteiger partial charge is 0.493 e. The van der Waals surface area contributed by atoms with E-state index in [-0.39, 0.29) is 0 Å². The molecule has 23 heavy (non-hydrogen) atoms. The van der Waals surface area contributed by atoms with Crippen molar-refractivity contribution in [2.24, 2.45) is 5.10 Å². The number of nitrogens with one attached hydrogen (secondary N) is 2. The molecule has 126 valence electrons. The predicted octanol–water partition coefficient (Wildman–Crippen LogP) is 3.22. The fraction of sp³-hybridized carbons (Fsp3) is 0.529. The minimum absolute atomic E-state index is 0.476. The van der Waals surface area contributed by atoms with E-state index in [4.69, 9.17) is 21.7 Å². The van der Waals surface area contributed by atoms with Crippen molar-refractivity contribution in [2.45, 2.75) is 45.1 Å². The zero-order valence-electron chi connectivity index (χ0n) is 13.8. The highest BCUT2D eigenvalue weighted by Crippen LogP contribution is 2.27. The lowest BCUT2D eigenvalue weighted by atomic mass is 9.96. The number of methoxy groups -OCH3 is 1. The molecular formula is C17H25N3O2S. The van der Waals surface area contributed by atoms with Gasteiger partial charge >= 0.3 is 0 Å². The van der Waals surface area contributed by atoms with E-state index in [0.717, 1.165) is 11.3 Å². The molecular weight excluding hydrogens is 310 g/mol. The van der Waals surface area contributed by atoms with E-state index in [1.54, 1.807) is 13.3 Å². The Balaban J connectivity index is 1.85. The van der Waals surface area contributed by atoms with Crippen LogP contribution in [0.2, 0.25) is 0 Å². The molecule has 1 aromatic rings. The van der Waals surface area contributed by atoms with Crippen LogP contribution in [-0.4, -0.2) is 31.1 Å². The topological polar surface area (TPSA) is 54.9 Å². The smallest absolute Gasteiger partial charge is 0.187 e. The molecule has 6 heteroatoms. The second kappa shape index (κ2) is 9.35. The summed E-state index contributed by atoms with van der Waals surface area (Å²) in [6, 6.07) is 6.16. The quantitative estimate of drug-likeness (QED) is 0.475. The number of nitrogens with zero attached hydrogens (tertiary/aromatic N) is 1. The maximum Gasteiger partial charge on any atom is 0.187 e. The van der Waals surface area contributed by atoms with Crippen LogP contribution in [0.3, 0.4) is 0 Å². The first-order valence-electron chi connectivity index (χ1n) is 8.13. The van der Waals surface area contributed by atoms with Crippen LogP contribution < -0.4 is 20.2 Å². The Morgan fingerprint density at radius 1 is 1.30 bits per heavy atom. The van der Waals surface area contributed by atoms with Crippen molar-refractivity contribution in [2.75, 3.05) is 13.7 Å². The van der Waals surface area contributed by atoms with E-state index in [2.05, 4.69) is 15.8 Å². The van der Waals surface area contributed by atoms with Gasteiger partial charge in [0.2, 0.25) is 0 Å². The number of ether oxygens (including phenoxy) is 2. The van der Waals surface area contributed by atoms with Crippen LogP contribution in [0.5, 0.6) is 11.5 Å². The normalized spacial score (nSPS) is 15.4. The van der Waals surface area contributed by atoms with Gasteiger partial charge in [-0.15, -0.1) is 0 Å². The molecule has 0 aliphatic heterocycles. The van der Waals surface area contributed by atoms with Gasteiger partial charge in [0.05, 0.1) is 19.9 Å². The summed E-state index contributed by atoms with van der Waals surface area (Å²) < 4.78 is 10.8. The fourth-order valence-electron chi connectivity index (χ4n) is 2.67. The molecule has 0 aromatic heterocycles. The molecule has 2 N–H and O–H groups in total. The van der Waals surface area contributed by atoms with Crippen molar-refractivity contribution >= 4 is 23.5 Å². The van der Waals surface area contributed by atoms with Crippen LogP contribution in [0.4, 0.5) is 0 Å². The Morgan fingerprint density at radius 3 is 2.78 bits per heavy atom. The summed E-state index contributed by atoms with van der Waals surface area (Å²) >= 11 is 5.27. The van der Waals surface area contributed by atoms with Gasteiger partial charge in [0, 0.05) is 6.04 Å². The summed E-state index contributed by atoms with van der Waals surface area (Å²) in [6.45, 7) is 2.55. The third-order valence-electron chi connectivity index (χ3n) is 3.81. The first-order chi connectivity index (χ1) is 11.2. The van der Waals surface area contributed by atoms with Gasteiger partial charge in [-0.25, -0.2) is 0 Å². The lowest BCUT2D eigenvalue weighted by Crippen LogP contribution is -2.40. The van der Waals surface area contributed by atoms with Crippen LogP contribution >= 0.6 is 12.2 Å². The summed E-state index contributed by atoms with van der Waals surface area (Å²) in [5, 5.41) is 8.07. The molecule has 0 bridgehead atoms. The minimum Gasteiger partial charge on any atom is -0.493 e. The van der Waals surface area contributed by atoms with Crippen LogP contribution in [-0.2, 0) is 0 Å². The third kappa shape index (κ3) is 5.71. The van der Waals surface area contributed by atoms with Gasteiger partial charge in [-0.05, 0) is 55.7 Å². The molecule has 1 saturated carbocycles. The van der Waals surface area contributed by atoms with Crippen molar-refractivity contribution < 1.29 is 9.47 Å². The molecule has 0 saturated heterocycles. The summed E-state index contributed by atoms with van der Waals surface area (Å²) in [4.78, 5) is 0. The molecule has 1 aromatic carbocycles. The number of thiocarbonyl (C=S) groups is 1. The van der Waals surface area contributed by atoms with Gasteiger partial charge in [0.15, 0.2) is 16.6 Å². The predicted molar refractivity (Wildman–Crippen MR) is 97.5 cm³/mol. The molecule has 2 rings (SSSR count). The average molecular weight is 335 g/mol. The van der Waals surface area contributed by atoms with E-state index in [1.807, 2.05) is 25.1 Å². The fourth-order valence-corrected chi connectivity index (χ4v) is 2.89. The monoisotopic (exact) mass is 335 g/mol. The lowest BCUT2D eigenvalue weighted by Gasteiger charge is -2.23. The molecule has 0 amide bonds. The van der Waals surface area contributed by atoms with Crippen molar-refractivity contribution in [1.82, 2.24) is 10.7 Å². The summed E-state index contributed by atoms with van der Waals surface area (Å²) in [7, 11) is 1.63. The van der Waals surface area contributed by atoms with Gasteiger partial charge in [-0.2, -0.15) is 5.10 Å². The Morgan fingerprint density at radius 2 is 2.09 bits per heavy atom. The highest BCUT2D eigenvalue weighted by Gasteiger charge is 2.13. The summed E-state index contributed by atoms with van der Waals surface area (Å²) in [5.41, 5.74) is 3.79. The zero-order chi connectivity index (χ0) is 16.5. The first kappa shape index (κ1) is 17.5. The number of rotatable bonds is 6. The molecule has 0 spiro atoms. The van der Waals surface area contributed by atoms with Crippen LogP contribution in [0, 0.1) is 0 Å². The summed E-state index contributed by atoms with van der Waals surface area (Å²) in [5.74, 6) is 1.42. The van der Waals surface area contributed by atoms with Crippen LogP contribution in [0.15, 0.2) is 23.3 Å². The standard InChI is InChI=1S/C17H25N3O2S/c1-3-22-15-10-9-13(11-16(15)21-2)12-18-20-17(23)19-14-7-5-4-6-8-14/h9-12,14H,3-8H2,1-2H3,(H2,19,20,23). The second-order valence-corrected chi connectivity index (χ2v) is 5.93. The van der Waals surface area contributed by atoms with Gasteiger partial charge < -0.3 is 14.8 Å². The van der Waals surface area contributed by atoms with Gasteiger partial charge in [-0.3, -0.25) is 5.43 Å². The van der Waals surface area contributed by atoms with Crippen molar-refractivity contribution in [3.8, 4) is 11.5 Å². The number of benzene rings is 1. The van der Waals surface area contributed by atoms with E-state index in [0.29, 0.717) is 23.5 Å². The number of hydrogen-bond donors (Lipinski definition) is 2. The average Bonchev–Trinajstić information content (AvgIpc) is 2.57. The van der Waals surface area contributed by atoms with Crippen molar-refractivity contribution in [3.63, 3.8) is 0 Å². The van der Waals surface area contributed by atoms with E-state index < -0.39 is 0 Å². The maximum absolute atomic E-state index is 5.49. The van der Waals surface area contributed by atoms with Gasteiger partial charge in [0.1, 0.15) is 0 Å². The number of hydrogen-bond acceptors (Lipinski definition) is 4. The van der Waals surface area contributed by atoms with Crippen LogP contribution in [0.1, 0.15) is 44.6 Å². The molecule has 0 atom stereocenters. The van der Waals surface area contributed by atoms with Crippen molar-refractivity contribution in [3.05, 3.63) is 23.8 Å². The zero-order valence-corrected chi connectivity index (χ0v) is 14.6. The van der Waals surface area contributed by atoms with E-state index in [9.17, 15) is 0 Å². The molecule has 0 radical (unpaired) electrons. The Labute approximate surface area is 143 Å². The van der Waals surface area contributed by atoms with Gasteiger partial charge in [0.25, 0.3) is 0 Å². The highest BCUT2D eigenvalue weighted by molar-refractivity contribution is 7.80. The molecule has 1 fully saturated rings. The molecule has 5 nitrogen and oxygen atoms in total. The molecule has 0 heterocycles. The Kier molecular flexibility index (Phi) is 7.13. The highest BCUT2D eigenvalue weighted by atomic mass is 32.1.